The van der Waals surface area contributed by atoms with Gasteiger partial charge in [-0.25, -0.2) is 0 Å². The minimum absolute atomic E-state index is 0.0562. The van der Waals surface area contributed by atoms with Gasteiger partial charge >= 0.3 is 0 Å². The molecule has 3 heteroatoms. The quantitative estimate of drug-likeness (QED) is 0.681. The molecule has 1 rings (SSSR count). The van der Waals surface area contributed by atoms with Gasteiger partial charge in [-0.1, -0.05) is 26.2 Å². The van der Waals surface area contributed by atoms with Gasteiger partial charge in [0.15, 0.2) is 0 Å². The highest BCUT2D eigenvalue weighted by atomic mass is 16.1. The van der Waals surface area contributed by atoms with Crippen molar-refractivity contribution in [3.8, 4) is 0 Å². The SMILES string of the molecule is CC(=O)NCCNCC1(C)CCCCC1. The molecule has 0 aromatic heterocycles. The van der Waals surface area contributed by atoms with Gasteiger partial charge in [0.1, 0.15) is 0 Å². The van der Waals surface area contributed by atoms with Gasteiger partial charge < -0.3 is 10.6 Å². The number of hydrogen-bond donors (Lipinski definition) is 2. The second-order valence-corrected chi connectivity index (χ2v) is 5.03. The Labute approximate surface area is 93.0 Å². The lowest BCUT2D eigenvalue weighted by Gasteiger charge is -2.33. The van der Waals surface area contributed by atoms with E-state index in [0.717, 1.165) is 19.6 Å². The molecule has 1 amide bonds. The van der Waals surface area contributed by atoms with Crippen LogP contribution in [0.1, 0.15) is 46.0 Å². The maximum Gasteiger partial charge on any atom is 0.216 e. The van der Waals surface area contributed by atoms with Crippen molar-refractivity contribution in [1.29, 1.82) is 0 Å². The van der Waals surface area contributed by atoms with Crippen LogP contribution in [-0.4, -0.2) is 25.5 Å². The minimum Gasteiger partial charge on any atom is -0.355 e. The number of carbonyl (C=O) groups excluding carboxylic acids is 1. The van der Waals surface area contributed by atoms with Crippen LogP contribution in [0, 0.1) is 5.41 Å². The van der Waals surface area contributed by atoms with Crippen LogP contribution in [0.3, 0.4) is 0 Å². The van der Waals surface area contributed by atoms with Crippen molar-refractivity contribution in [3.63, 3.8) is 0 Å². The predicted molar refractivity (Wildman–Crippen MR) is 62.7 cm³/mol. The summed E-state index contributed by atoms with van der Waals surface area (Å²) in [5, 5.41) is 6.23. The van der Waals surface area contributed by atoms with E-state index in [-0.39, 0.29) is 5.91 Å². The lowest BCUT2D eigenvalue weighted by molar-refractivity contribution is -0.118. The molecule has 3 nitrogen and oxygen atoms in total. The predicted octanol–water partition coefficient (Wildman–Crippen LogP) is 1.68. The first-order valence-corrected chi connectivity index (χ1v) is 6.08. The minimum atomic E-state index is 0.0562. The summed E-state index contributed by atoms with van der Waals surface area (Å²) in [6.07, 6.45) is 6.86. The van der Waals surface area contributed by atoms with Crippen molar-refractivity contribution in [1.82, 2.24) is 10.6 Å². The largest absolute Gasteiger partial charge is 0.355 e. The van der Waals surface area contributed by atoms with E-state index in [4.69, 9.17) is 0 Å². The smallest absolute Gasteiger partial charge is 0.216 e. The third-order valence-electron chi connectivity index (χ3n) is 3.29. The summed E-state index contributed by atoms with van der Waals surface area (Å²) in [5.74, 6) is 0.0562. The first-order valence-electron chi connectivity index (χ1n) is 6.08. The molecule has 0 aromatic rings. The van der Waals surface area contributed by atoms with E-state index in [1.807, 2.05) is 0 Å². The van der Waals surface area contributed by atoms with Gasteiger partial charge in [0, 0.05) is 26.6 Å². The van der Waals surface area contributed by atoms with Crippen LogP contribution in [0.2, 0.25) is 0 Å². The number of hydrogen-bond acceptors (Lipinski definition) is 2. The Bertz CT molecular complexity index is 198. The molecule has 1 aliphatic carbocycles. The third-order valence-corrected chi connectivity index (χ3v) is 3.29. The molecule has 0 heterocycles. The van der Waals surface area contributed by atoms with Crippen molar-refractivity contribution in [3.05, 3.63) is 0 Å². The highest BCUT2D eigenvalue weighted by Gasteiger charge is 2.25. The van der Waals surface area contributed by atoms with E-state index in [2.05, 4.69) is 17.6 Å². The molecule has 0 aliphatic heterocycles. The molecule has 0 unspecified atom stereocenters. The summed E-state index contributed by atoms with van der Waals surface area (Å²) < 4.78 is 0. The van der Waals surface area contributed by atoms with E-state index in [0.29, 0.717) is 5.41 Å². The van der Waals surface area contributed by atoms with Crippen LogP contribution < -0.4 is 10.6 Å². The Hall–Kier alpha value is -0.570. The van der Waals surface area contributed by atoms with Crippen LogP contribution in [0.5, 0.6) is 0 Å². The number of rotatable bonds is 5. The summed E-state index contributed by atoms with van der Waals surface area (Å²) in [6.45, 7) is 6.65. The van der Waals surface area contributed by atoms with Crippen LogP contribution >= 0.6 is 0 Å². The molecule has 0 spiro atoms. The van der Waals surface area contributed by atoms with Crippen molar-refractivity contribution in [2.24, 2.45) is 5.41 Å². The highest BCUT2D eigenvalue weighted by Crippen LogP contribution is 2.34. The molecule has 0 atom stereocenters. The molecule has 0 bridgehead atoms. The number of amides is 1. The maximum absolute atomic E-state index is 10.6. The van der Waals surface area contributed by atoms with Crippen molar-refractivity contribution >= 4 is 5.91 Å². The Morgan fingerprint density at radius 1 is 1.20 bits per heavy atom. The Morgan fingerprint density at radius 2 is 1.87 bits per heavy atom. The molecule has 0 aromatic carbocycles. The number of nitrogens with one attached hydrogen (secondary N) is 2. The average molecular weight is 212 g/mol. The monoisotopic (exact) mass is 212 g/mol. The zero-order valence-electron chi connectivity index (χ0n) is 10.1. The maximum atomic E-state index is 10.6. The van der Waals surface area contributed by atoms with Crippen LogP contribution in [0.25, 0.3) is 0 Å². The van der Waals surface area contributed by atoms with Crippen molar-refractivity contribution < 1.29 is 4.79 Å². The fourth-order valence-electron chi connectivity index (χ4n) is 2.30. The molecule has 0 saturated heterocycles. The van der Waals surface area contributed by atoms with Gasteiger partial charge in [0.25, 0.3) is 0 Å². The van der Waals surface area contributed by atoms with E-state index >= 15 is 0 Å². The van der Waals surface area contributed by atoms with Crippen LogP contribution in [0.4, 0.5) is 0 Å². The normalized spacial score (nSPS) is 19.9. The summed E-state index contributed by atoms with van der Waals surface area (Å²) in [6, 6.07) is 0. The fraction of sp³-hybridized carbons (Fsp3) is 0.917. The lowest BCUT2D eigenvalue weighted by atomic mass is 9.76. The number of carbonyl (C=O) groups is 1. The molecule has 1 saturated carbocycles. The summed E-state index contributed by atoms with van der Waals surface area (Å²) in [5.41, 5.74) is 0.495. The molecule has 0 radical (unpaired) electrons. The van der Waals surface area contributed by atoms with Crippen molar-refractivity contribution in [2.45, 2.75) is 46.0 Å². The molecule has 15 heavy (non-hydrogen) atoms. The Balaban J connectivity index is 2.05. The van der Waals surface area contributed by atoms with Gasteiger partial charge in [0.2, 0.25) is 5.91 Å². The Kier molecular flexibility index (Phi) is 5.09. The molecular formula is C12H24N2O. The summed E-state index contributed by atoms with van der Waals surface area (Å²) in [4.78, 5) is 10.6. The zero-order chi connectivity index (χ0) is 11.1. The average Bonchev–Trinajstić information content (AvgIpc) is 2.17. The van der Waals surface area contributed by atoms with Gasteiger partial charge in [-0.15, -0.1) is 0 Å². The van der Waals surface area contributed by atoms with Crippen molar-refractivity contribution in [2.75, 3.05) is 19.6 Å². The second-order valence-electron chi connectivity index (χ2n) is 5.03. The second kappa shape index (κ2) is 6.11. The van der Waals surface area contributed by atoms with Gasteiger partial charge in [0.05, 0.1) is 0 Å². The van der Waals surface area contributed by atoms with E-state index in [1.54, 1.807) is 6.92 Å². The van der Waals surface area contributed by atoms with E-state index in [9.17, 15) is 4.79 Å². The topological polar surface area (TPSA) is 41.1 Å². The highest BCUT2D eigenvalue weighted by molar-refractivity contribution is 5.72. The van der Waals surface area contributed by atoms with Crippen LogP contribution in [-0.2, 0) is 4.79 Å². The van der Waals surface area contributed by atoms with E-state index < -0.39 is 0 Å². The molecule has 1 fully saturated rings. The third kappa shape index (κ3) is 5.17. The fourth-order valence-corrected chi connectivity index (χ4v) is 2.30. The summed E-state index contributed by atoms with van der Waals surface area (Å²) >= 11 is 0. The van der Waals surface area contributed by atoms with Crippen LogP contribution in [0.15, 0.2) is 0 Å². The van der Waals surface area contributed by atoms with Gasteiger partial charge in [-0.05, 0) is 18.3 Å². The molecule has 1 aliphatic rings. The lowest BCUT2D eigenvalue weighted by Crippen LogP contribution is -2.37. The molecular weight excluding hydrogens is 188 g/mol. The summed E-state index contributed by atoms with van der Waals surface area (Å²) in [7, 11) is 0. The first kappa shape index (κ1) is 12.5. The van der Waals surface area contributed by atoms with Gasteiger partial charge in [-0.2, -0.15) is 0 Å². The molecule has 88 valence electrons. The van der Waals surface area contributed by atoms with Gasteiger partial charge in [-0.3, -0.25) is 4.79 Å². The molecule has 2 N–H and O–H groups in total. The first-order chi connectivity index (χ1) is 7.12. The zero-order valence-corrected chi connectivity index (χ0v) is 10.1. The standard InChI is InChI=1S/C12H24N2O/c1-11(15)14-9-8-13-10-12(2)6-4-3-5-7-12/h13H,3-10H2,1-2H3,(H,14,15). The van der Waals surface area contributed by atoms with E-state index in [1.165, 1.54) is 32.1 Å². The Morgan fingerprint density at radius 3 is 2.47 bits per heavy atom.